The zero-order valence-corrected chi connectivity index (χ0v) is 18.0. The Labute approximate surface area is 184 Å². The standard InChI is InChI=1S/C23H23ClN4OS/c24-18-9-10-21-20(13-18)22(28-23(27-21)26-15-19-4-2-12-30-19)25-14-17-7-5-16(6-8-17)3-1-11-29/h2,4-10,12-13,29H,1,3,11,14-15H2,(H2,25,26,27,28). The first-order chi connectivity index (χ1) is 14.7. The number of nitrogens with zero attached hydrogens (tertiary/aromatic N) is 2. The summed E-state index contributed by atoms with van der Waals surface area (Å²) in [5.41, 5.74) is 3.22. The average molecular weight is 439 g/mol. The predicted molar refractivity (Wildman–Crippen MR) is 125 cm³/mol. The number of rotatable bonds is 9. The van der Waals surface area contributed by atoms with E-state index in [-0.39, 0.29) is 6.61 Å². The van der Waals surface area contributed by atoms with E-state index < -0.39 is 0 Å². The van der Waals surface area contributed by atoms with Crippen molar-refractivity contribution in [3.63, 3.8) is 0 Å². The Balaban J connectivity index is 1.52. The van der Waals surface area contributed by atoms with Crippen molar-refractivity contribution in [1.82, 2.24) is 9.97 Å². The second-order valence-electron chi connectivity index (χ2n) is 6.99. The second kappa shape index (κ2) is 9.89. The summed E-state index contributed by atoms with van der Waals surface area (Å²) in [6.07, 6.45) is 1.67. The maximum Gasteiger partial charge on any atom is 0.225 e. The monoisotopic (exact) mass is 438 g/mol. The van der Waals surface area contributed by atoms with Crippen molar-refractivity contribution < 1.29 is 5.11 Å². The SMILES string of the molecule is OCCCc1ccc(CNc2nc(NCc3cccs3)nc3ccc(Cl)cc23)cc1. The summed E-state index contributed by atoms with van der Waals surface area (Å²) in [5.74, 6) is 1.33. The number of hydrogen-bond donors (Lipinski definition) is 3. The van der Waals surface area contributed by atoms with Crippen molar-refractivity contribution in [3.05, 3.63) is 81.0 Å². The van der Waals surface area contributed by atoms with Crippen LogP contribution in [0, 0.1) is 0 Å². The first-order valence-electron chi connectivity index (χ1n) is 9.87. The number of nitrogens with one attached hydrogen (secondary N) is 2. The van der Waals surface area contributed by atoms with Crippen LogP contribution in [-0.2, 0) is 19.5 Å². The molecule has 2 heterocycles. The fourth-order valence-electron chi connectivity index (χ4n) is 3.19. The first kappa shape index (κ1) is 20.6. The minimum atomic E-state index is 0.218. The van der Waals surface area contributed by atoms with Crippen molar-refractivity contribution >= 4 is 45.6 Å². The van der Waals surface area contributed by atoms with Crippen molar-refractivity contribution in [2.75, 3.05) is 17.2 Å². The molecule has 30 heavy (non-hydrogen) atoms. The fourth-order valence-corrected chi connectivity index (χ4v) is 4.00. The van der Waals surface area contributed by atoms with Crippen LogP contribution in [0.25, 0.3) is 10.9 Å². The predicted octanol–water partition coefficient (Wildman–Crippen LogP) is 5.49. The molecule has 0 aliphatic heterocycles. The molecule has 0 amide bonds. The van der Waals surface area contributed by atoms with E-state index in [9.17, 15) is 0 Å². The van der Waals surface area contributed by atoms with Gasteiger partial charge in [0.05, 0.1) is 12.1 Å². The van der Waals surface area contributed by atoms with Crippen molar-refractivity contribution in [1.29, 1.82) is 0 Å². The van der Waals surface area contributed by atoms with Gasteiger partial charge in [-0.05, 0) is 53.6 Å². The molecule has 7 heteroatoms. The normalized spacial score (nSPS) is 11.0. The van der Waals surface area contributed by atoms with Gasteiger partial charge in [0.15, 0.2) is 0 Å². The van der Waals surface area contributed by atoms with Gasteiger partial charge in [-0.1, -0.05) is 41.9 Å². The molecule has 0 fully saturated rings. The summed E-state index contributed by atoms with van der Waals surface area (Å²) in [6, 6.07) is 18.2. The Kier molecular flexibility index (Phi) is 6.79. The van der Waals surface area contributed by atoms with Gasteiger partial charge >= 0.3 is 0 Å². The molecule has 2 aromatic carbocycles. The molecule has 2 aromatic heterocycles. The smallest absolute Gasteiger partial charge is 0.225 e. The number of aliphatic hydroxyl groups is 1. The van der Waals surface area contributed by atoms with Crippen LogP contribution in [0.3, 0.4) is 0 Å². The third-order valence-electron chi connectivity index (χ3n) is 4.77. The largest absolute Gasteiger partial charge is 0.396 e. The zero-order chi connectivity index (χ0) is 20.8. The molecule has 0 saturated heterocycles. The van der Waals surface area contributed by atoms with E-state index in [1.807, 2.05) is 24.3 Å². The first-order valence-corrected chi connectivity index (χ1v) is 11.1. The number of benzene rings is 2. The molecule has 0 bridgehead atoms. The quantitative estimate of drug-likeness (QED) is 0.322. The van der Waals surface area contributed by atoms with Crippen LogP contribution in [-0.4, -0.2) is 21.7 Å². The average Bonchev–Trinajstić information content (AvgIpc) is 3.29. The van der Waals surface area contributed by atoms with Gasteiger partial charge in [0.1, 0.15) is 5.82 Å². The summed E-state index contributed by atoms with van der Waals surface area (Å²) in [6.45, 7) is 1.55. The maximum atomic E-state index is 8.98. The fraction of sp³-hybridized carbons (Fsp3) is 0.217. The molecule has 0 unspecified atom stereocenters. The number of fused-ring (bicyclic) bond motifs is 1. The van der Waals surface area contributed by atoms with Gasteiger partial charge in [-0.3, -0.25) is 0 Å². The maximum absolute atomic E-state index is 8.98. The molecule has 4 aromatic rings. The van der Waals surface area contributed by atoms with Gasteiger partial charge in [-0.2, -0.15) is 4.98 Å². The summed E-state index contributed by atoms with van der Waals surface area (Å²) >= 11 is 7.92. The highest BCUT2D eigenvalue weighted by Crippen LogP contribution is 2.26. The molecule has 0 atom stereocenters. The molecule has 5 nitrogen and oxygen atoms in total. The van der Waals surface area contributed by atoms with E-state index in [1.165, 1.54) is 10.4 Å². The minimum Gasteiger partial charge on any atom is -0.396 e. The summed E-state index contributed by atoms with van der Waals surface area (Å²) in [4.78, 5) is 10.6. The van der Waals surface area contributed by atoms with Crippen molar-refractivity contribution in [2.24, 2.45) is 0 Å². The number of hydrogen-bond acceptors (Lipinski definition) is 6. The van der Waals surface area contributed by atoms with Gasteiger partial charge < -0.3 is 15.7 Å². The number of aliphatic hydroxyl groups excluding tert-OH is 1. The van der Waals surface area contributed by atoms with Crippen LogP contribution in [0.15, 0.2) is 60.0 Å². The number of aryl methyl sites for hydroxylation is 1. The third-order valence-corrected chi connectivity index (χ3v) is 5.88. The van der Waals surface area contributed by atoms with Crippen LogP contribution >= 0.6 is 22.9 Å². The summed E-state index contributed by atoms with van der Waals surface area (Å²) in [7, 11) is 0. The lowest BCUT2D eigenvalue weighted by Gasteiger charge is -2.12. The van der Waals surface area contributed by atoms with E-state index in [1.54, 1.807) is 11.3 Å². The molecular weight excluding hydrogens is 416 g/mol. The van der Waals surface area contributed by atoms with Crippen LogP contribution in [0.5, 0.6) is 0 Å². The Bertz CT molecular complexity index is 1100. The van der Waals surface area contributed by atoms with Gasteiger partial charge in [0.2, 0.25) is 5.95 Å². The van der Waals surface area contributed by atoms with E-state index in [0.717, 1.165) is 35.1 Å². The van der Waals surface area contributed by atoms with Crippen LogP contribution in [0.1, 0.15) is 22.4 Å². The topological polar surface area (TPSA) is 70.1 Å². The minimum absolute atomic E-state index is 0.218. The van der Waals surface area contributed by atoms with Crippen LogP contribution in [0.2, 0.25) is 5.02 Å². The van der Waals surface area contributed by atoms with Crippen LogP contribution < -0.4 is 10.6 Å². The Hall–Kier alpha value is -2.67. The van der Waals surface area contributed by atoms with Gasteiger partial charge in [0, 0.05) is 28.4 Å². The second-order valence-corrected chi connectivity index (χ2v) is 8.46. The lowest BCUT2D eigenvalue weighted by atomic mass is 10.1. The zero-order valence-electron chi connectivity index (χ0n) is 16.4. The van der Waals surface area contributed by atoms with Crippen molar-refractivity contribution in [3.8, 4) is 0 Å². The molecule has 0 aliphatic carbocycles. The number of anilines is 2. The lowest BCUT2D eigenvalue weighted by molar-refractivity contribution is 0.288. The van der Waals surface area contributed by atoms with Gasteiger partial charge in [0.25, 0.3) is 0 Å². The number of halogens is 1. The van der Waals surface area contributed by atoms with E-state index in [0.29, 0.717) is 24.1 Å². The molecular formula is C23H23ClN4OS. The number of aromatic nitrogens is 2. The van der Waals surface area contributed by atoms with Crippen LogP contribution in [0.4, 0.5) is 11.8 Å². The molecule has 4 rings (SSSR count). The molecule has 0 aliphatic rings. The van der Waals surface area contributed by atoms with E-state index in [4.69, 9.17) is 21.7 Å². The lowest BCUT2D eigenvalue weighted by Crippen LogP contribution is -2.07. The summed E-state index contributed by atoms with van der Waals surface area (Å²) in [5, 5.41) is 19.3. The van der Waals surface area contributed by atoms with E-state index in [2.05, 4.69) is 51.3 Å². The van der Waals surface area contributed by atoms with Crippen molar-refractivity contribution in [2.45, 2.75) is 25.9 Å². The molecule has 154 valence electrons. The Morgan fingerprint density at radius 3 is 2.53 bits per heavy atom. The highest BCUT2D eigenvalue weighted by atomic mass is 35.5. The molecule has 3 N–H and O–H groups in total. The molecule has 0 radical (unpaired) electrons. The highest BCUT2D eigenvalue weighted by Gasteiger charge is 2.09. The Morgan fingerprint density at radius 2 is 1.77 bits per heavy atom. The van der Waals surface area contributed by atoms with Gasteiger partial charge in [-0.15, -0.1) is 11.3 Å². The molecule has 0 spiro atoms. The number of thiophene rings is 1. The Morgan fingerprint density at radius 1 is 0.933 bits per heavy atom. The summed E-state index contributed by atoms with van der Waals surface area (Å²) < 4.78 is 0. The van der Waals surface area contributed by atoms with E-state index >= 15 is 0 Å². The molecule has 0 saturated carbocycles. The van der Waals surface area contributed by atoms with Gasteiger partial charge in [-0.25, -0.2) is 4.98 Å². The highest BCUT2D eigenvalue weighted by molar-refractivity contribution is 7.09. The third kappa shape index (κ3) is 5.27.